The van der Waals surface area contributed by atoms with Gasteiger partial charge in [-0.05, 0) is 68.1 Å². The average molecular weight is 514 g/mol. The first-order valence-electron chi connectivity index (χ1n) is 12.8. The van der Waals surface area contributed by atoms with Gasteiger partial charge in [-0.1, -0.05) is 60.7 Å². The van der Waals surface area contributed by atoms with Crippen molar-refractivity contribution in [2.75, 3.05) is 7.11 Å². The Labute approximate surface area is 223 Å². The van der Waals surface area contributed by atoms with E-state index in [9.17, 15) is 9.59 Å². The fourth-order valence-corrected chi connectivity index (χ4v) is 4.34. The summed E-state index contributed by atoms with van der Waals surface area (Å²) in [5.74, 6) is 0.254. The van der Waals surface area contributed by atoms with E-state index in [-0.39, 0.29) is 24.9 Å². The van der Waals surface area contributed by atoms with Gasteiger partial charge in [0.25, 0.3) is 0 Å². The van der Waals surface area contributed by atoms with Gasteiger partial charge in [0.1, 0.15) is 23.9 Å². The largest absolute Gasteiger partial charge is 0.497 e. The zero-order valence-corrected chi connectivity index (χ0v) is 22.6. The number of amides is 2. The van der Waals surface area contributed by atoms with Crippen LogP contribution in [-0.4, -0.2) is 44.4 Å². The molecule has 4 aromatic rings. The predicted octanol–water partition coefficient (Wildman–Crippen LogP) is 4.82. The van der Waals surface area contributed by atoms with Crippen LogP contribution in [0.1, 0.15) is 49.9 Å². The highest BCUT2D eigenvalue weighted by Crippen LogP contribution is 2.28. The van der Waals surface area contributed by atoms with Crippen molar-refractivity contribution in [3.63, 3.8) is 0 Å². The van der Waals surface area contributed by atoms with Gasteiger partial charge in [-0.15, -0.1) is 5.10 Å². The number of nitrogens with one attached hydrogen (secondary N) is 1. The molecule has 3 aromatic carbocycles. The Hall–Kier alpha value is -4.20. The molecule has 2 amide bonds. The number of carbonyl (C=O) groups is 2. The van der Waals surface area contributed by atoms with Crippen LogP contribution in [0.3, 0.4) is 0 Å². The van der Waals surface area contributed by atoms with Gasteiger partial charge in [-0.3, -0.25) is 9.59 Å². The zero-order chi connectivity index (χ0) is 27.3. The number of benzene rings is 3. The van der Waals surface area contributed by atoms with Crippen LogP contribution in [0.5, 0.6) is 5.75 Å². The van der Waals surface area contributed by atoms with Gasteiger partial charge in [-0.2, -0.15) is 0 Å². The molecule has 0 aliphatic rings. The molecular weight excluding hydrogens is 478 g/mol. The van der Waals surface area contributed by atoms with E-state index in [0.717, 1.165) is 34.4 Å². The van der Waals surface area contributed by atoms with Crippen molar-refractivity contribution in [1.29, 1.82) is 0 Å². The number of ether oxygens (including phenoxy) is 1. The molecule has 1 heterocycles. The highest BCUT2D eigenvalue weighted by atomic mass is 16.5. The second-order valence-electron chi connectivity index (χ2n) is 10.1. The van der Waals surface area contributed by atoms with Crippen molar-refractivity contribution in [1.82, 2.24) is 25.2 Å². The molecule has 0 spiro atoms. The van der Waals surface area contributed by atoms with Gasteiger partial charge in [0.15, 0.2) is 0 Å². The molecule has 198 valence electrons. The van der Waals surface area contributed by atoms with Crippen LogP contribution in [0.2, 0.25) is 0 Å². The van der Waals surface area contributed by atoms with Crippen molar-refractivity contribution >= 4 is 22.8 Å². The van der Waals surface area contributed by atoms with Crippen molar-refractivity contribution in [2.24, 2.45) is 0 Å². The minimum atomic E-state index is -0.841. The summed E-state index contributed by atoms with van der Waals surface area (Å²) < 4.78 is 6.89. The molecule has 0 aliphatic heterocycles. The second-order valence-corrected chi connectivity index (χ2v) is 10.1. The molecule has 0 radical (unpaired) electrons. The number of nitrogens with zero attached hydrogens (tertiary/aromatic N) is 4. The number of hydrogen-bond donors (Lipinski definition) is 1. The molecule has 0 saturated carbocycles. The molecule has 1 aromatic heterocycles. The van der Waals surface area contributed by atoms with Crippen molar-refractivity contribution in [3.8, 4) is 5.75 Å². The predicted molar refractivity (Wildman–Crippen MR) is 148 cm³/mol. The molecule has 0 aliphatic carbocycles. The highest BCUT2D eigenvalue weighted by molar-refractivity contribution is 5.90. The van der Waals surface area contributed by atoms with Crippen LogP contribution in [0, 0.1) is 6.92 Å². The fraction of sp³-hybridized carbons (Fsp3) is 0.333. The lowest BCUT2D eigenvalue weighted by molar-refractivity contribution is -0.143. The first-order valence-corrected chi connectivity index (χ1v) is 12.8. The quantitative estimate of drug-likeness (QED) is 0.328. The van der Waals surface area contributed by atoms with Gasteiger partial charge in [0.2, 0.25) is 11.8 Å². The van der Waals surface area contributed by atoms with E-state index in [2.05, 4.69) is 15.6 Å². The van der Waals surface area contributed by atoms with Crippen LogP contribution in [0.4, 0.5) is 0 Å². The number of hydrogen-bond acceptors (Lipinski definition) is 5. The Balaban J connectivity index is 1.78. The molecule has 8 heteroatoms. The zero-order valence-electron chi connectivity index (χ0n) is 22.6. The SMILES string of the molecule is CCC(C)(C)NC(=O)[C@@H](c1ccccc1C)N(Cc1ccc(OC)cc1)C(=O)Cn1nnc2ccccc21. The average Bonchev–Trinajstić information content (AvgIpc) is 3.32. The third kappa shape index (κ3) is 6.02. The Kier molecular flexibility index (Phi) is 8.10. The number of fused-ring (bicyclic) bond motifs is 1. The van der Waals surface area contributed by atoms with E-state index >= 15 is 0 Å². The lowest BCUT2D eigenvalue weighted by atomic mass is 9.95. The number of rotatable bonds is 10. The van der Waals surface area contributed by atoms with Crippen LogP contribution < -0.4 is 10.1 Å². The number of methoxy groups -OCH3 is 1. The van der Waals surface area contributed by atoms with Crippen molar-refractivity contribution < 1.29 is 14.3 Å². The summed E-state index contributed by atoms with van der Waals surface area (Å²) in [4.78, 5) is 29.7. The van der Waals surface area contributed by atoms with Gasteiger partial charge < -0.3 is 15.0 Å². The van der Waals surface area contributed by atoms with Crippen molar-refractivity contribution in [3.05, 3.63) is 89.5 Å². The van der Waals surface area contributed by atoms with Crippen LogP contribution in [0.15, 0.2) is 72.8 Å². The second kappa shape index (κ2) is 11.5. The maximum absolute atomic E-state index is 14.1. The minimum Gasteiger partial charge on any atom is -0.497 e. The fourth-order valence-electron chi connectivity index (χ4n) is 4.34. The lowest BCUT2D eigenvalue weighted by Crippen LogP contribution is -2.50. The van der Waals surface area contributed by atoms with E-state index in [0.29, 0.717) is 5.52 Å². The minimum absolute atomic E-state index is 0.0521. The normalized spacial score (nSPS) is 12.2. The third-order valence-corrected chi connectivity index (χ3v) is 6.93. The van der Waals surface area contributed by atoms with E-state index < -0.39 is 11.6 Å². The highest BCUT2D eigenvalue weighted by Gasteiger charge is 2.35. The maximum atomic E-state index is 14.1. The molecule has 0 bridgehead atoms. The van der Waals surface area contributed by atoms with Crippen LogP contribution in [0.25, 0.3) is 11.0 Å². The Bertz CT molecular complexity index is 1410. The molecular formula is C30H35N5O3. The number of para-hydroxylation sites is 1. The Morgan fingerprint density at radius 1 is 1.03 bits per heavy atom. The molecule has 8 nitrogen and oxygen atoms in total. The van der Waals surface area contributed by atoms with Gasteiger partial charge >= 0.3 is 0 Å². The van der Waals surface area contributed by atoms with E-state index in [1.54, 1.807) is 16.7 Å². The summed E-state index contributed by atoms with van der Waals surface area (Å²) in [7, 11) is 1.61. The van der Waals surface area contributed by atoms with Crippen LogP contribution >= 0.6 is 0 Å². The standard InChI is InChI=1S/C30H35N5O3/c1-6-30(3,4)31-29(37)28(24-12-8-7-11-21(24)2)34(19-22-15-17-23(38-5)18-16-22)27(36)20-35-26-14-10-9-13-25(26)32-33-35/h7-18,28H,6,19-20H2,1-5H3,(H,31,37)/t28-/m1/s1. The van der Waals surface area contributed by atoms with Gasteiger partial charge in [0, 0.05) is 12.1 Å². The monoisotopic (exact) mass is 513 g/mol. The number of carbonyl (C=O) groups excluding carboxylic acids is 2. The Morgan fingerprint density at radius 3 is 2.39 bits per heavy atom. The first-order chi connectivity index (χ1) is 18.2. The van der Waals surface area contributed by atoms with E-state index in [4.69, 9.17) is 4.74 Å². The van der Waals surface area contributed by atoms with Gasteiger partial charge in [-0.25, -0.2) is 4.68 Å². The Morgan fingerprint density at radius 2 is 1.71 bits per heavy atom. The molecule has 4 rings (SSSR count). The summed E-state index contributed by atoms with van der Waals surface area (Å²) in [6.45, 7) is 8.13. The van der Waals surface area contributed by atoms with E-state index in [1.807, 2.05) is 100 Å². The molecule has 0 fully saturated rings. The molecule has 1 atom stereocenters. The van der Waals surface area contributed by atoms with Crippen molar-refractivity contribution in [2.45, 2.75) is 58.8 Å². The smallest absolute Gasteiger partial charge is 0.247 e. The van der Waals surface area contributed by atoms with Crippen LogP contribution in [-0.2, 0) is 22.7 Å². The summed E-state index contributed by atoms with van der Waals surface area (Å²) in [5.41, 5.74) is 3.62. The summed E-state index contributed by atoms with van der Waals surface area (Å²) in [6.07, 6.45) is 0.747. The molecule has 38 heavy (non-hydrogen) atoms. The maximum Gasteiger partial charge on any atom is 0.247 e. The summed E-state index contributed by atoms with van der Waals surface area (Å²) >= 11 is 0. The summed E-state index contributed by atoms with van der Waals surface area (Å²) in [6, 6.07) is 21.9. The van der Waals surface area contributed by atoms with E-state index in [1.165, 1.54) is 0 Å². The first kappa shape index (κ1) is 26.9. The molecule has 0 unspecified atom stereocenters. The number of aromatic nitrogens is 3. The number of aryl methyl sites for hydroxylation is 1. The molecule has 0 saturated heterocycles. The third-order valence-electron chi connectivity index (χ3n) is 6.93. The summed E-state index contributed by atoms with van der Waals surface area (Å²) in [5, 5.41) is 11.6. The molecule has 1 N–H and O–H groups in total. The topological polar surface area (TPSA) is 89.4 Å². The lowest BCUT2D eigenvalue weighted by Gasteiger charge is -2.35. The van der Waals surface area contributed by atoms with Gasteiger partial charge in [0.05, 0.1) is 12.6 Å².